The summed E-state index contributed by atoms with van der Waals surface area (Å²) in [6.07, 6.45) is 37.1. The van der Waals surface area contributed by atoms with Crippen LogP contribution in [0.15, 0.2) is 0 Å². The molecule has 5 rings (SSSR count). The maximum Gasteiger partial charge on any atom is 0.0104 e. The summed E-state index contributed by atoms with van der Waals surface area (Å²) >= 11 is 0. The highest BCUT2D eigenvalue weighted by molar-refractivity contribution is 4.93. The smallest absolute Gasteiger partial charge is 0.0104 e. The molecule has 0 radical (unpaired) electrons. The van der Waals surface area contributed by atoms with Gasteiger partial charge in [0.25, 0.3) is 0 Å². The van der Waals surface area contributed by atoms with Gasteiger partial charge in [-0.2, -0.15) is 0 Å². The van der Waals surface area contributed by atoms with Gasteiger partial charge in [-0.15, -0.1) is 0 Å². The maximum absolute atomic E-state index is 3.20. The summed E-state index contributed by atoms with van der Waals surface area (Å²) in [7, 11) is 0. The molecule has 0 aromatic rings. The average molecular weight is 569 g/mol. The molecule has 5 fully saturated rings. The van der Waals surface area contributed by atoms with Gasteiger partial charge >= 0.3 is 0 Å². The summed E-state index contributed by atoms with van der Waals surface area (Å²) < 4.78 is 0. The largest absolute Gasteiger partial charge is 0.295 e. The van der Waals surface area contributed by atoms with Crippen LogP contribution in [-0.4, -0.2) is 46.1 Å². The Labute approximate surface area is 257 Å². The summed E-state index contributed by atoms with van der Waals surface area (Å²) in [5, 5.41) is 0. The highest BCUT2D eigenvalue weighted by atomic mass is 15.2. The molecule has 6 unspecified atom stereocenters. The molecule has 5 aliphatic carbocycles. The van der Waals surface area contributed by atoms with E-state index in [4.69, 9.17) is 0 Å². The lowest BCUT2D eigenvalue weighted by molar-refractivity contribution is 0.00147. The fourth-order valence-electron chi connectivity index (χ4n) is 11.3. The molecule has 6 atom stereocenters. The van der Waals surface area contributed by atoms with E-state index in [1.54, 1.807) is 0 Å². The molecule has 0 N–H and O–H groups in total. The standard InChI is InChI=1S/C39H72N2/c1-5-33(23-22-32(4)40(35-16-8-6-9-17-35)38-20-12-14-30(2)28-38)34-24-26-37(27-25-34)41(36-18-10-7-11-19-36)39-21-13-15-31(3)29-39/h30-39H,5-29H2,1-4H3. The quantitative estimate of drug-likeness (QED) is 0.244. The molecule has 0 bridgehead atoms. The molecular formula is C39H72N2. The van der Waals surface area contributed by atoms with Gasteiger partial charge in [-0.1, -0.05) is 91.4 Å². The minimum atomic E-state index is 0.786. The van der Waals surface area contributed by atoms with E-state index >= 15 is 0 Å². The zero-order valence-corrected chi connectivity index (χ0v) is 28.3. The zero-order chi connectivity index (χ0) is 28.6. The second-order valence-electron chi connectivity index (χ2n) is 16.5. The van der Waals surface area contributed by atoms with Crippen LogP contribution in [0.4, 0.5) is 0 Å². The molecule has 0 amide bonds. The van der Waals surface area contributed by atoms with Crippen LogP contribution in [0.1, 0.15) is 188 Å². The van der Waals surface area contributed by atoms with Crippen LogP contribution >= 0.6 is 0 Å². The van der Waals surface area contributed by atoms with E-state index in [0.29, 0.717) is 0 Å². The van der Waals surface area contributed by atoms with E-state index < -0.39 is 0 Å². The molecule has 5 saturated carbocycles. The molecule has 238 valence electrons. The van der Waals surface area contributed by atoms with Gasteiger partial charge in [0.2, 0.25) is 0 Å². The van der Waals surface area contributed by atoms with E-state index in [1.807, 2.05) is 0 Å². The second kappa shape index (κ2) is 16.3. The van der Waals surface area contributed by atoms with Gasteiger partial charge in [-0.25, -0.2) is 0 Å². The average Bonchev–Trinajstić information content (AvgIpc) is 3.00. The fraction of sp³-hybridized carbons (Fsp3) is 1.00. The Kier molecular flexibility index (Phi) is 12.8. The van der Waals surface area contributed by atoms with Gasteiger partial charge in [-0.3, -0.25) is 9.80 Å². The van der Waals surface area contributed by atoms with Crippen molar-refractivity contribution in [2.75, 3.05) is 0 Å². The fourth-order valence-corrected chi connectivity index (χ4v) is 11.3. The topological polar surface area (TPSA) is 6.48 Å². The summed E-state index contributed by atoms with van der Waals surface area (Å²) in [4.78, 5) is 6.33. The van der Waals surface area contributed by atoms with Crippen molar-refractivity contribution in [3.05, 3.63) is 0 Å². The number of hydrogen-bond acceptors (Lipinski definition) is 2. The van der Waals surface area contributed by atoms with Gasteiger partial charge in [0.15, 0.2) is 0 Å². The Hall–Kier alpha value is -0.0800. The molecule has 0 aliphatic heterocycles. The SMILES string of the molecule is CCC(CCC(C)N(C1CCCCC1)C1CCCC(C)C1)C1CCC(N(C2CCCCC2)C2CCCC(C)C2)CC1. The highest BCUT2D eigenvalue weighted by Crippen LogP contribution is 2.42. The van der Waals surface area contributed by atoms with Crippen LogP contribution in [0.5, 0.6) is 0 Å². The molecule has 0 heterocycles. The van der Waals surface area contributed by atoms with Crippen LogP contribution in [0.25, 0.3) is 0 Å². The molecular weight excluding hydrogens is 496 g/mol. The summed E-state index contributed by atoms with van der Waals surface area (Å²) in [5.41, 5.74) is 0. The maximum atomic E-state index is 3.20. The van der Waals surface area contributed by atoms with Gasteiger partial charge in [0.1, 0.15) is 0 Å². The van der Waals surface area contributed by atoms with E-state index in [0.717, 1.165) is 59.9 Å². The Morgan fingerprint density at radius 3 is 1.61 bits per heavy atom. The Balaban J connectivity index is 1.16. The first-order valence-electron chi connectivity index (χ1n) is 19.6. The lowest BCUT2D eigenvalue weighted by atomic mass is 9.73. The highest BCUT2D eigenvalue weighted by Gasteiger charge is 2.39. The lowest BCUT2D eigenvalue weighted by Gasteiger charge is -2.49. The van der Waals surface area contributed by atoms with Crippen molar-refractivity contribution in [2.24, 2.45) is 23.7 Å². The van der Waals surface area contributed by atoms with Crippen LogP contribution in [0.3, 0.4) is 0 Å². The molecule has 2 nitrogen and oxygen atoms in total. The number of hydrogen-bond donors (Lipinski definition) is 0. The van der Waals surface area contributed by atoms with Gasteiger partial charge in [0, 0.05) is 36.3 Å². The van der Waals surface area contributed by atoms with Crippen molar-refractivity contribution in [2.45, 2.75) is 224 Å². The van der Waals surface area contributed by atoms with Crippen LogP contribution in [-0.2, 0) is 0 Å². The first-order valence-corrected chi connectivity index (χ1v) is 19.6. The van der Waals surface area contributed by atoms with E-state index in [9.17, 15) is 0 Å². The third kappa shape index (κ3) is 8.77. The van der Waals surface area contributed by atoms with E-state index in [1.165, 1.54) is 161 Å². The normalized spacial score (nSPS) is 36.4. The van der Waals surface area contributed by atoms with Crippen molar-refractivity contribution in [1.82, 2.24) is 9.80 Å². The first-order chi connectivity index (χ1) is 20.0. The van der Waals surface area contributed by atoms with E-state index in [2.05, 4.69) is 37.5 Å². The van der Waals surface area contributed by atoms with Gasteiger partial charge in [0.05, 0.1) is 0 Å². The molecule has 0 aromatic carbocycles. The third-order valence-corrected chi connectivity index (χ3v) is 13.5. The monoisotopic (exact) mass is 569 g/mol. The van der Waals surface area contributed by atoms with Crippen LogP contribution in [0, 0.1) is 23.7 Å². The molecule has 41 heavy (non-hydrogen) atoms. The number of rotatable bonds is 11. The van der Waals surface area contributed by atoms with Crippen molar-refractivity contribution in [3.63, 3.8) is 0 Å². The van der Waals surface area contributed by atoms with Gasteiger partial charge < -0.3 is 0 Å². The molecule has 0 saturated heterocycles. The van der Waals surface area contributed by atoms with Crippen LogP contribution in [0.2, 0.25) is 0 Å². The predicted molar refractivity (Wildman–Crippen MR) is 178 cm³/mol. The van der Waals surface area contributed by atoms with Crippen molar-refractivity contribution in [3.8, 4) is 0 Å². The zero-order valence-electron chi connectivity index (χ0n) is 28.3. The predicted octanol–water partition coefficient (Wildman–Crippen LogP) is 11.2. The van der Waals surface area contributed by atoms with Crippen LogP contribution < -0.4 is 0 Å². The minimum absolute atomic E-state index is 0.786. The third-order valence-electron chi connectivity index (χ3n) is 13.5. The summed E-state index contributed by atoms with van der Waals surface area (Å²) in [6, 6.07) is 5.26. The Morgan fingerprint density at radius 1 is 0.512 bits per heavy atom. The second-order valence-corrected chi connectivity index (χ2v) is 16.5. The van der Waals surface area contributed by atoms with Crippen molar-refractivity contribution < 1.29 is 0 Å². The summed E-state index contributed by atoms with van der Waals surface area (Å²) in [6.45, 7) is 10.2. The summed E-state index contributed by atoms with van der Waals surface area (Å²) in [5.74, 6) is 3.86. The van der Waals surface area contributed by atoms with Gasteiger partial charge in [-0.05, 0) is 120 Å². The van der Waals surface area contributed by atoms with Crippen molar-refractivity contribution >= 4 is 0 Å². The molecule has 0 aromatic heterocycles. The lowest BCUT2D eigenvalue weighted by Crippen LogP contribution is -2.52. The molecule has 0 spiro atoms. The van der Waals surface area contributed by atoms with Crippen molar-refractivity contribution in [1.29, 1.82) is 0 Å². The molecule has 5 aliphatic rings. The molecule has 2 heteroatoms. The minimum Gasteiger partial charge on any atom is -0.295 e. The first kappa shape index (κ1) is 32.3. The van der Waals surface area contributed by atoms with E-state index in [-0.39, 0.29) is 0 Å². The Bertz CT molecular complexity index is 715. The number of nitrogens with zero attached hydrogens (tertiary/aromatic N) is 2. The Morgan fingerprint density at radius 2 is 1.02 bits per heavy atom.